The minimum Gasteiger partial charge on any atom is -0.504 e. The smallest absolute Gasteiger partial charge is 0.331 e. The van der Waals surface area contributed by atoms with Gasteiger partial charge in [-0.15, -0.1) is 11.8 Å². The number of aryl methyl sites for hydroxylation is 1. The highest BCUT2D eigenvalue weighted by molar-refractivity contribution is 7.99. The average molecular weight is 797 g/mol. The number of methoxy groups -OCH3 is 2. The molecule has 0 radical (unpaired) electrons. The summed E-state index contributed by atoms with van der Waals surface area (Å²) in [7, 11) is 3.10. The van der Waals surface area contributed by atoms with E-state index < -0.39 is 46.9 Å². The summed E-state index contributed by atoms with van der Waals surface area (Å²) in [6.45, 7) is 9.57. The molecule has 15 heteroatoms. The number of benzene rings is 3. The number of rotatable bonds is 6. The van der Waals surface area contributed by atoms with Crippen LogP contribution in [0.2, 0.25) is 0 Å². The Morgan fingerprint density at radius 3 is 2.65 bits per heavy atom. The fourth-order valence-corrected chi connectivity index (χ4v) is 11.8. The zero-order chi connectivity index (χ0) is 39.9. The van der Waals surface area contributed by atoms with E-state index in [1.165, 1.54) is 25.8 Å². The van der Waals surface area contributed by atoms with Crippen molar-refractivity contribution >= 4 is 23.7 Å². The Labute approximate surface area is 334 Å². The molecule has 0 aromatic heterocycles. The first-order valence-corrected chi connectivity index (χ1v) is 20.1. The third-order valence-corrected chi connectivity index (χ3v) is 13.7. The van der Waals surface area contributed by atoms with Gasteiger partial charge >= 0.3 is 11.9 Å². The number of aromatic hydroxyl groups is 1. The first-order chi connectivity index (χ1) is 27.6. The lowest BCUT2D eigenvalue weighted by Gasteiger charge is -2.59. The van der Waals surface area contributed by atoms with Crippen molar-refractivity contribution in [3.05, 3.63) is 75.4 Å². The van der Waals surface area contributed by atoms with Crippen molar-refractivity contribution in [1.82, 2.24) is 15.5 Å². The molecule has 3 aromatic rings. The number of nitriles is 1. The topological polar surface area (TPSA) is 170 Å². The lowest BCUT2D eigenvalue weighted by molar-refractivity contribution is -0.155. The van der Waals surface area contributed by atoms with Gasteiger partial charge < -0.3 is 43.6 Å². The number of nitrogens with zero attached hydrogens (tertiary/aromatic N) is 2. The van der Waals surface area contributed by atoms with Gasteiger partial charge in [0.05, 0.1) is 37.6 Å². The van der Waals surface area contributed by atoms with Gasteiger partial charge in [-0.1, -0.05) is 18.7 Å². The Morgan fingerprint density at radius 2 is 1.91 bits per heavy atom. The van der Waals surface area contributed by atoms with Gasteiger partial charge in [-0.05, 0) is 61.1 Å². The highest BCUT2D eigenvalue weighted by atomic mass is 32.2. The van der Waals surface area contributed by atoms with Crippen LogP contribution in [0.3, 0.4) is 0 Å². The Bertz CT molecular complexity index is 2280. The van der Waals surface area contributed by atoms with Crippen molar-refractivity contribution in [2.45, 2.75) is 74.6 Å². The number of phenols is 1. The summed E-state index contributed by atoms with van der Waals surface area (Å²) in [5.74, 6) is 1.86. The average Bonchev–Trinajstić information content (AvgIpc) is 3.69. The normalized spacial score (nSPS) is 27.8. The fraction of sp³-hybridized carbons (Fsp3) is 0.452. The molecule has 4 bridgehead atoms. The van der Waals surface area contributed by atoms with Crippen LogP contribution in [-0.2, 0) is 32.7 Å². The molecular formula is C42H44N4O10S. The number of nitrogens with one attached hydrogen (secondary N) is 2. The number of hydrogen-bond acceptors (Lipinski definition) is 15. The zero-order valence-corrected chi connectivity index (χ0v) is 33.2. The molecule has 10 rings (SSSR count). The van der Waals surface area contributed by atoms with E-state index >= 15 is 0 Å². The monoisotopic (exact) mass is 796 g/mol. The van der Waals surface area contributed by atoms with Gasteiger partial charge in [0.2, 0.25) is 6.79 Å². The van der Waals surface area contributed by atoms with E-state index in [1.54, 1.807) is 25.3 Å². The second kappa shape index (κ2) is 14.1. The van der Waals surface area contributed by atoms with Crippen LogP contribution in [0.15, 0.2) is 30.9 Å². The van der Waals surface area contributed by atoms with Crippen molar-refractivity contribution in [2.75, 3.05) is 46.5 Å². The van der Waals surface area contributed by atoms with Crippen LogP contribution in [0, 0.1) is 25.2 Å². The van der Waals surface area contributed by atoms with Crippen LogP contribution in [0.25, 0.3) is 0 Å². The Hall–Kier alpha value is -5.14. The van der Waals surface area contributed by atoms with Gasteiger partial charge in [0.15, 0.2) is 40.0 Å². The highest BCUT2D eigenvalue weighted by Crippen LogP contribution is 2.63. The van der Waals surface area contributed by atoms with Gasteiger partial charge in [0, 0.05) is 53.6 Å². The molecule has 0 saturated carbocycles. The molecule has 2 saturated heterocycles. The van der Waals surface area contributed by atoms with Crippen LogP contribution in [0.1, 0.15) is 68.8 Å². The number of thioether (sulfide) groups is 1. The minimum atomic E-state index is -1.35. The largest absolute Gasteiger partial charge is 0.504 e. The first-order valence-electron chi connectivity index (χ1n) is 19.0. The van der Waals surface area contributed by atoms with E-state index in [1.807, 2.05) is 13.8 Å². The van der Waals surface area contributed by atoms with Crippen molar-refractivity contribution in [3.63, 3.8) is 0 Å². The summed E-state index contributed by atoms with van der Waals surface area (Å²) in [6, 6.07) is 5.48. The van der Waals surface area contributed by atoms with E-state index in [-0.39, 0.29) is 43.3 Å². The highest BCUT2D eigenvalue weighted by Gasteiger charge is 2.60. The Balaban J connectivity index is 1.32. The number of piperazine rings is 1. The molecule has 298 valence electrons. The maximum atomic E-state index is 14.8. The summed E-state index contributed by atoms with van der Waals surface area (Å²) in [6.07, 6.45) is 2.79. The number of esters is 2. The molecule has 3 N–H and O–H groups in total. The van der Waals surface area contributed by atoms with Crippen LogP contribution in [-0.4, -0.2) is 86.6 Å². The molecule has 1 unspecified atom stereocenters. The maximum Gasteiger partial charge on any atom is 0.331 e. The van der Waals surface area contributed by atoms with Crippen molar-refractivity contribution in [2.24, 2.45) is 0 Å². The predicted octanol–water partition coefficient (Wildman–Crippen LogP) is 4.50. The molecule has 0 amide bonds. The van der Waals surface area contributed by atoms with Crippen molar-refractivity contribution in [1.29, 1.82) is 5.26 Å². The van der Waals surface area contributed by atoms with Gasteiger partial charge in [-0.3, -0.25) is 15.0 Å². The summed E-state index contributed by atoms with van der Waals surface area (Å²) in [4.78, 5) is 30.0. The number of hydrogen-bond donors (Lipinski definition) is 3. The molecule has 57 heavy (non-hydrogen) atoms. The summed E-state index contributed by atoms with van der Waals surface area (Å²) in [5.41, 5.74) is 4.94. The molecule has 0 aliphatic carbocycles. The number of phenolic OH excluding ortho intramolecular Hbond substituents is 1. The van der Waals surface area contributed by atoms with Gasteiger partial charge in [0.25, 0.3) is 0 Å². The lowest BCUT2D eigenvalue weighted by Crippen LogP contribution is -2.69. The molecule has 1 spiro atoms. The van der Waals surface area contributed by atoms with Crippen LogP contribution in [0.5, 0.6) is 40.2 Å². The molecule has 2 fully saturated rings. The number of fused-ring (bicyclic) bond motifs is 9. The third-order valence-electron chi connectivity index (χ3n) is 12.3. The molecule has 3 aromatic carbocycles. The van der Waals surface area contributed by atoms with E-state index in [9.17, 15) is 20.0 Å². The number of carbonyl (C=O) groups is 2. The molecule has 7 atom stereocenters. The van der Waals surface area contributed by atoms with E-state index in [0.717, 1.165) is 22.3 Å². The van der Waals surface area contributed by atoms with E-state index in [0.29, 0.717) is 70.4 Å². The van der Waals surface area contributed by atoms with Crippen LogP contribution < -0.4 is 39.1 Å². The second-order valence-corrected chi connectivity index (χ2v) is 16.4. The maximum absolute atomic E-state index is 14.8. The summed E-state index contributed by atoms with van der Waals surface area (Å²) < 4.78 is 42.9. The molecule has 7 aliphatic heterocycles. The predicted molar refractivity (Wildman–Crippen MR) is 207 cm³/mol. The SMILES string of the molecule is C=CCOc1c(OC)c(C)cc2c1[C@@H]1N[C@@H](C2)[C@H](C#N)N2C1[C@@H]1SC[C@]3(NCCc4cc(O)c(OC)cc43)C(=O)OC[C@H]2c2c3c(c(C)c(OC(C)=O)c21)OCO3. The van der Waals surface area contributed by atoms with Crippen LogP contribution in [0.4, 0.5) is 0 Å². The zero-order valence-electron chi connectivity index (χ0n) is 32.4. The Kier molecular flexibility index (Phi) is 9.23. The molecular weight excluding hydrogens is 753 g/mol. The van der Waals surface area contributed by atoms with E-state index in [4.69, 9.17) is 33.2 Å². The summed E-state index contributed by atoms with van der Waals surface area (Å²) >= 11 is 1.51. The molecule has 7 aliphatic rings. The van der Waals surface area contributed by atoms with Gasteiger partial charge in [-0.2, -0.15) is 5.26 Å². The van der Waals surface area contributed by atoms with E-state index in [2.05, 4.69) is 34.2 Å². The lowest BCUT2D eigenvalue weighted by atomic mass is 9.72. The summed E-state index contributed by atoms with van der Waals surface area (Å²) in [5, 5.41) is 28.8. The molecule has 14 nitrogen and oxygen atoms in total. The Morgan fingerprint density at radius 1 is 1.11 bits per heavy atom. The number of carbonyl (C=O) groups excluding carboxylic acids is 2. The van der Waals surface area contributed by atoms with Gasteiger partial charge in [0.1, 0.15) is 25.0 Å². The van der Waals surface area contributed by atoms with Crippen LogP contribution >= 0.6 is 11.8 Å². The van der Waals surface area contributed by atoms with Gasteiger partial charge in [-0.25, -0.2) is 4.79 Å². The number of ether oxygens (including phenoxy) is 7. The minimum absolute atomic E-state index is 0.0168. The standard InChI is InChI=1S/C42H44N4O10S/c1-7-10-52-38-30-23(11-19(2)35(38)51-6)12-25-26(15-43)46-27-16-53-41(49)42(24-14-29(50-5)28(48)13-22(24)8-9-44-42)17-57-40(34(46)33(30)45-25)32-31(27)39-37(54-18-55-39)20(3)36(32)56-21(4)47/h7,11,13-14,25-27,33-34,40,44-45,48H,1,8-10,12,16-18H2,2-6H3/t25-,26-,27-,33-,34?,40+,42+/m0/s1. The van der Waals surface area contributed by atoms with Crippen molar-refractivity contribution < 1.29 is 47.9 Å². The fourth-order valence-electron chi connectivity index (χ4n) is 10.1. The second-order valence-electron chi connectivity index (χ2n) is 15.2. The molecule has 7 heterocycles. The quantitative estimate of drug-likeness (QED) is 0.181. The van der Waals surface area contributed by atoms with Crippen molar-refractivity contribution in [3.8, 4) is 46.3 Å². The first kappa shape index (κ1) is 37.4. The third kappa shape index (κ3) is 5.48.